The number of carbonyl (C=O) groups excluding carboxylic acids is 1. The summed E-state index contributed by atoms with van der Waals surface area (Å²) >= 11 is 1.34. The Balaban J connectivity index is 1.93. The number of hydrogen-bond acceptors (Lipinski definition) is 5. The van der Waals surface area contributed by atoms with E-state index in [1.807, 2.05) is 28.8 Å². The van der Waals surface area contributed by atoms with Gasteiger partial charge in [-0.05, 0) is 30.4 Å². The van der Waals surface area contributed by atoms with Gasteiger partial charge >= 0.3 is 0 Å². The van der Waals surface area contributed by atoms with Crippen molar-refractivity contribution < 1.29 is 9.53 Å². The monoisotopic (exact) mass is 403 g/mol. The van der Waals surface area contributed by atoms with Gasteiger partial charge in [0.05, 0.1) is 23.3 Å². The van der Waals surface area contributed by atoms with Crippen LogP contribution in [-0.4, -0.2) is 41.5 Å². The summed E-state index contributed by atoms with van der Waals surface area (Å²) in [4.78, 5) is 30.3. The first kappa shape index (κ1) is 20.9. The van der Waals surface area contributed by atoms with Crippen LogP contribution in [0.15, 0.2) is 34.2 Å². The molecule has 1 aromatic carbocycles. The number of amides is 1. The standard InChI is InChI=1S/C21H29N3O3S/c1-14-7-6-10-18(15(14)2)24-20(26)16-8-4-5-9-17(16)23-21(24)28-13-19(25)22-11-12-27-3/h4-5,8-9,14-15,18H,6-7,10-13H2,1-3H3,(H,22,25)/t14-,15-,18-/m1/s1. The highest BCUT2D eigenvalue weighted by atomic mass is 32.2. The van der Waals surface area contributed by atoms with E-state index in [2.05, 4.69) is 19.2 Å². The summed E-state index contributed by atoms with van der Waals surface area (Å²) in [5, 5.41) is 4.10. The summed E-state index contributed by atoms with van der Waals surface area (Å²) in [5.74, 6) is 1.10. The number of aromatic nitrogens is 2. The van der Waals surface area contributed by atoms with E-state index in [4.69, 9.17) is 9.72 Å². The maximum atomic E-state index is 13.3. The highest BCUT2D eigenvalue weighted by Gasteiger charge is 2.31. The molecule has 28 heavy (non-hydrogen) atoms. The van der Waals surface area contributed by atoms with Gasteiger partial charge in [0.15, 0.2) is 5.16 Å². The minimum atomic E-state index is -0.0823. The van der Waals surface area contributed by atoms with E-state index in [1.54, 1.807) is 7.11 Å². The number of nitrogens with one attached hydrogen (secondary N) is 1. The molecule has 1 aliphatic rings. The van der Waals surface area contributed by atoms with E-state index >= 15 is 0 Å². The smallest absolute Gasteiger partial charge is 0.262 e. The summed E-state index contributed by atoms with van der Waals surface area (Å²) in [5.41, 5.74) is 0.682. The lowest BCUT2D eigenvalue weighted by Gasteiger charge is -2.36. The second-order valence-electron chi connectivity index (χ2n) is 7.55. The number of para-hydroxylation sites is 1. The number of rotatable bonds is 7. The van der Waals surface area contributed by atoms with Crippen LogP contribution in [0.3, 0.4) is 0 Å². The van der Waals surface area contributed by atoms with Crippen LogP contribution in [0.2, 0.25) is 0 Å². The molecule has 0 unspecified atom stereocenters. The van der Waals surface area contributed by atoms with Crippen molar-refractivity contribution >= 4 is 28.6 Å². The number of benzene rings is 1. The first-order valence-corrected chi connectivity index (χ1v) is 10.9. The van der Waals surface area contributed by atoms with Crippen molar-refractivity contribution in [1.82, 2.24) is 14.9 Å². The van der Waals surface area contributed by atoms with Crippen LogP contribution < -0.4 is 10.9 Å². The molecule has 1 aromatic heterocycles. The fourth-order valence-corrected chi connectivity index (χ4v) is 4.79. The van der Waals surface area contributed by atoms with E-state index in [0.29, 0.717) is 41.0 Å². The molecule has 0 aliphatic heterocycles. The zero-order valence-electron chi connectivity index (χ0n) is 16.8. The number of ether oxygens (including phenoxy) is 1. The zero-order chi connectivity index (χ0) is 20.1. The Morgan fingerprint density at radius 1 is 1.32 bits per heavy atom. The van der Waals surface area contributed by atoms with Crippen molar-refractivity contribution in [2.75, 3.05) is 26.0 Å². The summed E-state index contributed by atoms with van der Waals surface area (Å²) in [6.07, 6.45) is 3.27. The van der Waals surface area contributed by atoms with Gasteiger partial charge in [0, 0.05) is 19.7 Å². The maximum Gasteiger partial charge on any atom is 0.262 e. The van der Waals surface area contributed by atoms with Crippen LogP contribution in [0.1, 0.15) is 39.2 Å². The summed E-state index contributed by atoms with van der Waals surface area (Å²) in [6.45, 7) is 5.44. The lowest BCUT2D eigenvalue weighted by atomic mass is 9.78. The Bertz CT molecular complexity index is 883. The number of nitrogens with zero attached hydrogens (tertiary/aromatic N) is 2. The van der Waals surface area contributed by atoms with Crippen molar-refractivity contribution in [3.63, 3.8) is 0 Å². The van der Waals surface area contributed by atoms with E-state index in [0.717, 1.165) is 12.8 Å². The fraction of sp³-hybridized carbons (Fsp3) is 0.571. The number of thioether (sulfide) groups is 1. The molecule has 1 fully saturated rings. The molecule has 1 N–H and O–H groups in total. The third kappa shape index (κ3) is 4.58. The lowest BCUT2D eigenvalue weighted by molar-refractivity contribution is -0.118. The molecule has 1 saturated carbocycles. The highest BCUT2D eigenvalue weighted by molar-refractivity contribution is 7.99. The minimum absolute atomic E-state index is 0.00107. The zero-order valence-corrected chi connectivity index (χ0v) is 17.6. The number of methoxy groups -OCH3 is 1. The van der Waals surface area contributed by atoms with Crippen molar-refractivity contribution in [1.29, 1.82) is 0 Å². The topological polar surface area (TPSA) is 73.2 Å². The second-order valence-corrected chi connectivity index (χ2v) is 8.50. The predicted octanol–water partition coefficient (Wildman–Crippen LogP) is 3.25. The number of hydrogen-bond donors (Lipinski definition) is 1. The van der Waals surface area contributed by atoms with Crippen molar-refractivity contribution in [2.45, 2.75) is 44.3 Å². The van der Waals surface area contributed by atoms with Gasteiger partial charge in [0.1, 0.15) is 0 Å². The van der Waals surface area contributed by atoms with Gasteiger partial charge in [0.2, 0.25) is 5.91 Å². The summed E-state index contributed by atoms with van der Waals surface area (Å²) in [6, 6.07) is 7.57. The molecule has 3 rings (SSSR count). The van der Waals surface area contributed by atoms with Gasteiger partial charge < -0.3 is 10.1 Å². The van der Waals surface area contributed by atoms with Crippen LogP contribution in [0.4, 0.5) is 0 Å². The Kier molecular flexibility index (Phi) is 7.13. The summed E-state index contributed by atoms with van der Waals surface area (Å²) in [7, 11) is 1.60. The first-order valence-electron chi connectivity index (χ1n) is 9.92. The third-order valence-electron chi connectivity index (χ3n) is 5.73. The van der Waals surface area contributed by atoms with Gasteiger partial charge in [0.25, 0.3) is 5.56 Å². The molecule has 1 heterocycles. The van der Waals surface area contributed by atoms with Crippen LogP contribution in [-0.2, 0) is 9.53 Å². The number of carbonyl (C=O) groups is 1. The van der Waals surface area contributed by atoms with E-state index in [1.165, 1.54) is 18.2 Å². The Morgan fingerprint density at radius 3 is 2.89 bits per heavy atom. The Hall–Kier alpha value is -1.86. The number of fused-ring (bicyclic) bond motifs is 1. The van der Waals surface area contributed by atoms with E-state index < -0.39 is 0 Å². The Morgan fingerprint density at radius 2 is 2.11 bits per heavy atom. The SMILES string of the molecule is COCCNC(=O)CSc1nc2ccccc2c(=O)n1[C@@H]1CCC[C@@H](C)[C@H]1C. The van der Waals surface area contributed by atoms with Crippen LogP contribution >= 0.6 is 11.8 Å². The van der Waals surface area contributed by atoms with E-state index in [-0.39, 0.29) is 23.3 Å². The maximum absolute atomic E-state index is 13.3. The van der Waals surface area contributed by atoms with Crippen LogP contribution in [0.5, 0.6) is 0 Å². The molecule has 2 aromatic rings. The molecule has 7 heteroatoms. The minimum Gasteiger partial charge on any atom is -0.383 e. The van der Waals surface area contributed by atoms with Gasteiger partial charge in [-0.15, -0.1) is 0 Å². The molecule has 1 amide bonds. The van der Waals surface area contributed by atoms with Crippen LogP contribution in [0, 0.1) is 11.8 Å². The molecule has 152 valence electrons. The van der Waals surface area contributed by atoms with Gasteiger partial charge in [-0.1, -0.05) is 50.6 Å². The van der Waals surface area contributed by atoms with Crippen LogP contribution in [0.25, 0.3) is 10.9 Å². The third-order valence-corrected chi connectivity index (χ3v) is 6.68. The van der Waals surface area contributed by atoms with Gasteiger partial charge in [-0.25, -0.2) is 4.98 Å². The quantitative estimate of drug-likeness (QED) is 0.436. The van der Waals surface area contributed by atoms with Crippen molar-refractivity contribution in [3.05, 3.63) is 34.6 Å². The molecular weight excluding hydrogens is 374 g/mol. The highest BCUT2D eigenvalue weighted by Crippen LogP contribution is 2.38. The molecular formula is C21H29N3O3S. The lowest BCUT2D eigenvalue weighted by Crippen LogP contribution is -2.35. The van der Waals surface area contributed by atoms with Gasteiger partial charge in [-0.2, -0.15) is 0 Å². The fourth-order valence-electron chi connectivity index (χ4n) is 3.91. The average Bonchev–Trinajstić information content (AvgIpc) is 2.69. The molecule has 1 aliphatic carbocycles. The van der Waals surface area contributed by atoms with E-state index in [9.17, 15) is 9.59 Å². The predicted molar refractivity (Wildman–Crippen MR) is 113 cm³/mol. The molecule has 0 saturated heterocycles. The molecule has 3 atom stereocenters. The molecule has 0 spiro atoms. The normalized spacial score (nSPS) is 22.3. The first-order chi connectivity index (χ1) is 13.5. The average molecular weight is 404 g/mol. The summed E-state index contributed by atoms with van der Waals surface area (Å²) < 4.78 is 6.82. The molecule has 0 bridgehead atoms. The Labute approximate surface area is 170 Å². The van der Waals surface area contributed by atoms with Gasteiger partial charge in [-0.3, -0.25) is 14.2 Å². The second kappa shape index (κ2) is 9.56. The van der Waals surface area contributed by atoms with Crippen molar-refractivity contribution in [3.8, 4) is 0 Å². The van der Waals surface area contributed by atoms with Crippen molar-refractivity contribution in [2.24, 2.45) is 11.8 Å². The largest absolute Gasteiger partial charge is 0.383 e. The molecule has 0 radical (unpaired) electrons. The molecule has 6 nitrogen and oxygen atoms in total.